The molecular weight excluding hydrogens is 330 g/mol. The molecule has 0 bridgehead atoms. The first kappa shape index (κ1) is 16.3. The van der Waals surface area contributed by atoms with Crippen LogP contribution in [0.4, 0.5) is 0 Å². The summed E-state index contributed by atoms with van der Waals surface area (Å²) >= 11 is 0. The van der Waals surface area contributed by atoms with Gasteiger partial charge in [0.1, 0.15) is 5.69 Å². The molecular formula is C15H17N5O3S. The molecule has 2 N–H and O–H groups in total. The van der Waals surface area contributed by atoms with Gasteiger partial charge in [0.25, 0.3) is 5.89 Å². The molecule has 0 radical (unpaired) electrons. The van der Waals surface area contributed by atoms with Gasteiger partial charge in [-0.05, 0) is 37.6 Å². The predicted molar refractivity (Wildman–Crippen MR) is 86.6 cm³/mol. The standard InChI is InChI=1S/C15H17N5O3S/c1-3-20-13(7-10(2)18-20)15-17-14(19-23-15)9-11-5-4-6-12(8-11)24(16,21)22/h4-8H,3,9H2,1-2H3,(H2,16,21,22). The van der Waals surface area contributed by atoms with Gasteiger partial charge in [0.15, 0.2) is 5.82 Å². The molecule has 3 aromatic rings. The summed E-state index contributed by atoms with van der Waals surface area (Å²) in [4.78, 5) is 4.43. The molecule has 0 aliphatic heterocycles. The van der Waals surface area contributed by atoms with Gasteiger partial charge in [0.2, 0.25) is 10.0 Å². The van der Waals surface area contributed by atoms with Crippen LogP contribution in [0.1, 0.15) is 24.0 Å². The van der Waals surface area contributed by atoms with Gasteiger partial charge in [-0.25, -0.2) is 13.6 Å². The third kappa shape index (κ3) is 3.36. The third-order valence-electron chi connectivity index (χ3n) is 3.48. The zero-order chi connectivity index (χ0) is 17.3. The van der Waals surface area contributed by atoms with Crippen LogP contribution in [0.15, 0.2) is 39.8 Å². The topological polar surface area (TPSA) is 117 Å². The third-order valence-corrected chi connectivity index (χ3v) is 4.39. The maximum absolute atomic E-state index is 11.4. The number of aromatic nitrogens is 4. The lowest BCUT2D eigenvalue weighted by Gasteiger charge is -2.01. The molecule has 2 aromatic heterocycles. The van der Waals surface area contributed by atoms with Crippen molar-refractivity contribution in [3.8, 4) is 11.6 Å². The number of benzene rings is 1. The van der Waals surface area contributed by atoms with E-state index >= 15 is 0 Å². The summed E-state index contributed by atoms with van der Waals surface area (Å²) < 4.78 is 29.9. The van der Waals surface area contributed by atoms with Crippen LogP contribution < -0.4 is 5.14 Å². The number of rotatable bonds is 5. The molecule has 0 amide bonds. The Morgan fingerprint density at radius 3 is 2.79 bits per heavy atom. The zero-order valence-corrected chi connectivity index (χ0v) is 14.1. The molecule has 1 aromatic carbocycles. The summed E-state index contributed by atoms with van der Waals surface area (Å²) in [5.74, 6) is 0.841. The van der Waals surface area contributed by atoms with Gasteiger partial charge in [-0.15, -0.1) is 0 Å². The fourth-order valence-corrected chi connectivity index (χ4v) is 2.99. The van der Waals surface area contributed by atoms with Crippen molar-refractivity contribution in [2.75, 3.05) is 0 Å². The van der Waals surface area contributed by atoms with E-state index in [1.54, 1.807) is 16.8 Å². The number of nitrogens with zero attached hydrogens (tertiary/aromatic N) is 4. The van der Waals surface area contributed by atoms with E-state index in [1.165, 1.54) is 12.1 Å². The van der Waals surface area contributed by atoms with Crippen molar-refractivity contribution in [3.05, 3.63) is 47.4 Å². The van der Waals surface area contributed by atoms with Crippen molar-refractivity contribution in [1.29, 1.82) is 0 Å². The number of hydrogen-bond acceptors (Lipinski definition) is 6. The molecule has 0 saturated carbocycles. The minimum Gasteiger partial charge on any atom is -0.332 e. The minimum atomic E-state index is -3.74. The normalized spacial score (nSPS) is 11.8. The number of sulfonamides is 1. The monoisotopic (exact) mass is 347 g/mol. The van der Waals surface area contributed by atoms with Crippen LogP contribution in [0.3, 0.4) is 0 Å². The molecule has 0 spiro atoms. The number of aryl methyl sites for hydroxylation is 2. The minimum absolute atomic E-state index is 0.0587. The lowest BCUT2D eigenvalue weighted by Crippen LogP contribution is -2.12. The van der Waals surface area contributed by atoms with Crippen molar-refractivity contribution < 1.29 is 12.9 Å². The van der Waals surface area contributed by atoms with Crippen LogP contribution in [-0.4, -0.2) is 28.3 Å². The maximum Gasteiger partial charge on any atom is 0.276 e. The van der Waals surface area contributed by atoms with Crippen molar-refractivity contribution in [2.45, 2.75) is 31.7 Å². The predicted octanol–water partition coefficient (Wildman–Crippen LogP) is 1.50. The molecule has 8 nitrogen and oxygen atoms in total. The molecule has 0 aliphatic rings. The zero-order valence-electron chi connectivity index (χ0n) is 13.3. The average Bonchev–Trinajstić information content (AvgIpc) is 3.12. The first-order chi connectivity index (χ1) is 11.4. The smallest absolute Gasteiger partial charge is 0.276 e. The van der Waals surface area contributed by atoms with E-state index in [0.717, 1.165) is 17.0 Å². The van der Waals surface area contributed by atoms with Gasteiger partial charge in [0, 0.05) is 13.0 Å². The number of nitrogens with two attached hydrogens (primary N) is 1. The summed E-state index contributed by atoms with van der Waals surface area (Å²) in [5.41, 5.74) is 2.36. The summed E-state index contributed by atoms with van der Waals surface area (Å²) in [6.45, 7) is 4.56. The number of hydrogen-bond donors (Lipinski definition) is 1. The molecule has 24 heavy (non-hydrogen) atoms. The molecule has 2 heterocycles. The van der Waals surface area contributed by atoms with Gasteiger partial charge >= 0.3 is 0 Å². The van der Waals surface area contributed by atoms with Crippen LogP contribution in [-0.2, 0) is 23.0 Å². The van der Waals surface area contributed by atoms with E-state index in [0.29, 0.717) is 24.7 Å². The van der Waals surface area contributed by atoms with Gasteiger partial charge in [0.05, 0.1) is 10.6 Å². The summed E-state index contributed by atoms with van der Waals surface area (Å²) in [7, 11) is -3.74. The van der Waals surface area contributed by atoms with Crippen molar-refractivity contribution in [1.82, 2.24) is 19.9 Å². The van der Waals surface area contributed by atoms with Gasteiger partial charge in [-0.2, -0.15) is 10.1 Å². The first-order valence-electron chi connectivity index (χ1n) is 7.36. The Morgan fingerprint density at radius 2 is 2.08 bits per heavy atom. The van der Waals surface area contributed by atoms with Crippen molar-refractivity contribution >= 4 is 10.0 Å². The largest absolute Gasteiger partial charge is 0.332 e. The fraction of sp³-hybridized carbons (Fsp3) is 0.267. The van der Waals surface area contributed by atoms with E-state index in [-0.39, 0.29) is 4.90 Å². The van der Waals surface area contributed by atoms with Crippen LogP contribution in [0.25, 0.3) is 11.6 Å². The van der Waals surface area contributed by atoms with E-state index < -0.39 is 10.0 Å². The average molecular weight is 347 g/mol. The van der Waals surface area contributed by atoms with Gasteiger partial charge < -0.3 is 4.52 Å². The number of primary sulfonamides is 1. The highest BCUT2D eigenvalue weighted by Gasteiger charge is 2.15. The van der Waals surface area contributed by atoms with Crippen molar-refractivity contribution in [2.24, 2.45) is 5.14 Å². The summed E-state index contributed by atoms with van der Waals surface area (Å²) in [6, 6.07) is 8.24. The lowest BCUT2D eigenvalue weighted by atomic mass is 10.1. The Morgan fingerprint density at radius 1 is 1.29 bits per heavy atom. The molecule has 0 aliphatic carbocycles. The molecule has 0 fully saturated rings. The summed E-state index contributed by atoms with van der Waals surface area (Å²) in [5, 5.41) is 13.4. The second kappa shape index (κ2) is 6.17. The van der Waals surface area contributed by atoms with Crippen LogP contribution >= 0.6 is 0 Å². The Labute approximate surface area is 139 Å². The van der Waals surface area contributed by atoms with E-state index in [4.69, 9.17) is 9.66 Å². The Bertz CT molecular complexity index is 975. The maximum atomic E-state index is 11.4. The second-order valence-electron chi connectivity index (χ2n) is 5.37. The first-order valence-corrected chi connectivity index (χ1v) is 8.90. The molecule has 0 atom stereocenters. The molecule has 3 rings (SSSR count). The van der Waals surface area contributed by atoms with Crippen LogP contribution in [0.5, 0.6) is 0 Å². The fourth-order valence-electron chi connectivity index (χ4n) is 2.40. The highest BCUT2D eigenvalue weighted by atomic mass is 32.2. The second-order valence-corrected chi connectivity index (χ2v) is 6.93. The highest BCUT2D eigenvalue weighted by Crippen LogP contribution is 2.20. The Kier molecular flexibility index (Phi) is 4.20. The lowest BCUT2D eigenvalue weighted by molar-refractivity contribution is 0.419. The van der Waals surface area contributed by atoms with E-state index in [2.05, 4.69) is 15.2 Å². The van der Waals surface area contributed by atoms with Gasteiger partial charge in [-0.3, -0.25) is 4.68 Å². The SMILES string of the molecule is CCn1nc(C)cc1-c1nc(Cc2cccc(S(N)(=O)=O)c2)no1. The molecule has 126 valence electrons. The van der Waals surface area contributed by atoms with E-state index in [9.17, 15) is 8.42 Å². The molecule has 9 heteroatoms. The van der Waals surface area contributed by atoms with Crippen LogP contribution in [0, 0.1) is 6.92 Å². The van der Waals surface area contributed by atoms with Gasteiger partial charge in [-0.1, -0.05) is 17.3 Å². The molecule has 0 unspecified atom stereocenters. The van der Waals surface area contributed by atoms with Crippen LogP contribution in [0.2, 0.25) is 0 Å². The Balaban J connectivity index is 1.87. The Hall–Kier alpha value is -2.52. The van der Waals surface area contributed by atoms with E-state index in [1.807, 2.05) is 19.9 Å². The quantitative estimate of drug-likeness (QED) is 0.747. The highest BCUT2D eigenvalue weighted by molar-refractivity contribution is 7.89. The molecule has 0 saturated heterocycles. The summed E-state index contributed by atoms with van der Waals surface area (Å²) in [6.07, 6.45) is 0.339. The van der Waals surface area contributed by atoms with Crippen molar-refractivity contribution in [3.63, 3.8) is 0 Å².